The summed E-state index contributed by atoms with van der Waals surface area (Å²) in [7, 11) is 0. The van der Waals surface area contributed by atoms with Crippen LogP contribution in [0.5, 0.6) is 0 Å². The van der Waals surface area contributed by atoms with Crippen LogP contribution in [0.15, 0.2) is 30.5 Å². The topological polar surface area (TPSA) is 59.3 Å². The maximum absolute atomic E-state index is 12.6. The fourth-order valence-electron chi connectivity index (χ4n) is 2.59. The van der Waals surface area contributed by atoms with Gasteiger partial charge < -0.3 is 5.32 Å². The van der Waals surface area contributed by atoms with Crippen LogP contribution in [0, 0.1) is 13.8 Å². The van der Waals surface area contributed by atoms with E-state index in [1.54, 1.807) is 28.9 Å². The van der Waals surface area contributed by atoms with Gasteiger partial charge in [0.05, 0.1) is 23.0 Å². The molecule has 0 saturated carbocycles. The van der Waals surface area contributed by atoms with Crippen molar-refractivity contribution in [2.45, 2.75) is 26.8 Å². The zero-order valence-electron chi connectivity index (χ0n) is 13.5. The average Bonchev–Trinajstić information content (AvgIpc) is 2.88. The van der Waals surface area contributed by atoms with Crippen molar-refractivity contribution in [2.24, 2.45) is 0 Å². The summed E-state index contributed by atoms with van der Waals surface area (Å²) in [6.45, 7) is 5.60. The van der Waals surface area contributed by atoms with Crippen molar-refractivity contribution < 1.29 is 4.79 Å². The second-order valence-electron chi connectivity index (χ2n) is 5.67. The Hall–Kier alpha value is -2.11. The van der Waals surface area contributed by atoms with E-state index in [0.29, 0.717) is 15.6 Å². The molecule has 2 heterocycles. The highest BCUT2D eigenvalue weighted by molar-refractivity contribution is 6.35. The van der Waals surface area contributed by atoms with Crippen LogP contribution in [-0.2, 0) is 0 Å². The van der Waals surface area contributed by atoms with Crippen LogP contribution in [0.4, 0.5) is 0 Å². The number of nitrogens with one attached hydrogen (secondary N) is 1. The summed E-state index contributed by atoms with van der Waals surface area (Å²) in [5.74, 6) is -0.228. The van der Waals surface area contributed by atoms with Crippen LogP contribution < -0.4 is 5.32 Å². The lowest BCUT2D eigenvalue weighted by atomic mass is 10.1. The van der Waals surface area contributed by atoms with Gasteiger partial charge in [0.15, 0.2) is 5.65 Å². The molecule has 1 atom stereocenters. The van der Waals surface area contributed by atoms with Crippen LogP contribution in [-0.4, -0.2) is 20.5 Å². The van der Waals surface area contributed by atoms with E-state index < -0.39 is 0 Å². The first-order valence-corrected chi connectivity index (χ1v) is 8.20. The molecule has 3 aromatic rings. The molecule has 1 N–H and O–H groups in total. The Balaban J connectivity index is 1.88. The van der Waals surface area contributed by atoms with E-state index in [9.17, 15) is 4.79 Å². The lowest BCUT2D eigenvalue weighted by Crippen LogP contribution is -2.28. The van der Waals surface area contributed by atoms with Crippen LogP contribution in [0.1, 0.15) is 40.3 Å². The van der Waals surface area contributed by atoms with Gasteiger partial charge in [0.2, 0.25) is 0 Å². The highest BCUT2D eigenvalue weighted by Crippen LogP contribution is 2.26. The Morgan fingerprint density at radius 1 is 1.25 bits per heavy atom. The quantitative estimate of drug-likeness (QED) is 0.761. The normalized spacial score (nSPS) is 12.4. The zero-order chi connectivity index (χ0) is 17.4. The number of amides is 1. The minimum atomic E-state index is -0.267. The Kier molecular flexibility index (Phi) is 4.47. The number of aromatic nitrogens is 3. The van der Waals surface area contributed by atoms with Crippen molar-refractivity contribution in [2.75, 3.05) is 0 Å². The lowest BCUT2D eigenvalue weighted by Gasteiger charge is -2.17. The predicted molar refractivity (Wildman–Crippen MR) is 94.8 cm³/mol. The molecule has 1 amide bonds. The van der Waals surface area contributed by atoms with E-state index in [0.717, 1.165) is 22.6 Å². The van der Waals surface area contributed by atoms with E-state index in [1.165, 1.54) is 0 Å². The molecule has 7 heteroatoms. The predicted octanol–water partition coefficient (Wildman–Crippen LogP) is 4.14. The summed E-state index contributed by atoms with van der Waals surface area (Å²) < 4.78 is 1.67. The molecule has 0 saturated heterocycles. The van der Waals surface area contributed by atoms with Crippen LogP contribution in [0.2, 0.25) is 10.0 Å². The average molecular weight is 363 g/mol. The van der Waals surface area contributed by atoms with Crippen molar-refractivity contribution in [3.05, 3.63) is 63.0 Å². The maximum atomic E-state index is 12.6. The Morgan fingerprint density at radius 3 is 2.71 bits per heavy atom. The lowest BCUT2D eigenvalue weighted by molar-refractivity contribution is 0.0938. The molecule has 24 heavy (non-hydrogen) atoms. The number of carbonyl (C=O) groups excluding carboxylic acids is 1. The highest BCUT2D eigenvalue weighted by Gasteiger charge is 2.18. The van der Waals surface area contributed by atoms with Crippen molar-refractivity contribution in [3.63, 3.8) is 0 Å². The van der Waals surface area contributed by atoms with E-state index >= 15 is 0 Å². The standard InChI is InChI=1S/C17H16Cl2N4O/c1-9-6-16-20-8-14(11(3)23(16)22-9)17(24)21-10(2)13-5-4-12(18)7-15(13)19/h4-8,10H,1-3H3,(H,21,24). The third kappa shape index (κ3) is 3.09. The van der Waals surface area contributed by atoms with Gasteiger partial charge in [-0.2, -0.15) is 5.10 Å². The minimum Gasteiger partial charge on any atom is -0.345 e. The molecule has 1 unspecified atom stereocenters. The van der Waals surface area contributed by atoms with Gasteiger partial charge in [0.1, 0.15) is 0 Å². The second kappa shape index (κ2) is 6.42. The fraction of sp³-hybridized carbons (Fsp3) is 0.235. The van der Waals surface area contributed by atoms with E-state index in [2.05, 4.69) is 15.4 Å². The molecule has 2 aromatic heterocycles. The summed E-state index contributed by atoms with van der Waals surface area (Å²) in [6, 6.07) is 6.81. The molecule has 1 aromatic carbocycles. The molecule has 0 spiro atoms. The Morgan fingerprint density at radius 2 is 2.00 bits per heavy atom. The summed E-state index contributed by atoms with van der Waals surface area (Å²) in [4.78, 5) is 16.9. The Labute approximate surface area is 149 Å². The van der Waals surface area contributed by atoms with Crippen LogP contribution in [0.3, 0.4) is 0 Å². The molecule has 0 aliphatic rings. The molecule has 5 nitrogen and oxygen atoms in total. The number of rotatable bonds is 3. The SMILES string of the molecule is Cc1cc2ncc(C(=O)NC(C)c3ccc(Cl)cc3Cl)c(C)n2n1. The van der Waals surface area contributed by atoms with Gasteiger partial charge in [-0.3, -0.25) is 4.79 Å². The van der Waals surface area contributed by atoms with Gasteiger partial charge in [-0.05, 0) is 38.5 Å². The molecule has 0 radical (unpaired) electrons. The van der Waals surface area contributed by atoms with Gasteiger partial charge >= 0.3 is 0 Å². The number of carbonyl (C=O) groups is 1. The monoisotopic (exact) mass is 362 g/mol. The maximum Gasteiger partial charge on any atom is 0.255 e. The first-order valence-electron chi connectivity index (χ1n) is 7.44. The first-order chi connectivity index (χ1) is 11.4. The molecule has 0 bridgehead atoms. The van der Waals surface area contributed by atoms with Gasteiger partial charge in [-0.25, -0.2) is 9.50 Å². The smallest absolute Gasteiger partial charge is 0.255 e. The molecular formula is C17H16Cl2N4O. The highest BCUT2D eigenvalue weighted by atomic mass is 35.5. The number of benzene rings is 1. The summed E-state index contributed by atoms with van der Waals surface area (Å²) in [5.41, 5.74) is 3.58. The van der Waals surface area contributed by atoms with E-state index in [1.807, 2.05) is 26.8 Å². The molecule has 0 aliphatic carbocycles. The first kappa shape index (κ1) is 16.7. The van der Waals surface area contributed by atoms with Gasteiger partial charge in [0.25, 0.3) is 5.91 Å². The minimum absolute atomic E-state index is 0.228. The van der Waals surface area contributed by atoms with Crippen molar-refractivity contribution in [1.82, 2.24) is 19.9 Å². The second-order valence-corrected chi connectivity index (χ2v) is 6.52. The fourth-order valence-corrected chi connectivity index (χ4v) is 3.16. The summed E-state index contributed by atoms with van der Waals surface area (Å²) >= 11 is 12.1. The van der Waals surface area contributed by atoms with Gasteiger partial charge in [-0.15, -0.1) is 0 Å². The summed E-state index contributed by atoms with van der Waals surface area (Å²) in [5, 5.41) is 8.37. The van der Waals surface area contributed by atoms with Crippen molar-refractivity contribution in [1.29, 1.82) is 0 Å². The number of hydrogen-bond acceptors (Lipinski definition) is 3. The third-order valence-corrected chi connectivity index (χ3v) is 4.43. The Bertz CT molecular complexity index is 936. The van der Waals surface area contributed by atoms with Crippen LogP contribution >= 0.6 is 23.2 Å². The number of hydrogen-bond donors (Lipinski definition) is 1. The van der Waals surface area contributed by atoms with Gasteiger partial charge in [0, 0.05) is 22.3 Å². The number of halogens is 2. The number of fused-ring (bicyclic) bond motifs is 1. The molecule has 0 aliphatic heterocycles. The number of nitrogens with zero attached hydrogens (tertiary/aromatic N) is 3. The zero-order valence-corrected chi connectivity index (χ0v) is 15.0. The van der Waals surface area contributed by atoms with E-state index in [-0.39, 0.29) is 11.9 Å². The molecule has 124 valence electrons. The van der Waals surface area contributed by atoms with Crippen LogP contribution in [0.25, 0.3) is 5.65 Å². The largest absolute Gasteiger partial charge is 0.345 e. The van der Waals surface area contributed by atoms with Crippen molar-refractivity contribution >= 4 is 34.8 Å². The third-order valence-electron chi connectivity index (χ3n) is 3.87. The molecular weight excluding hydrogens is 347 g/mol. The van der Waals surface area contributed by atoms with Crippen molar-refractivity contribution in [3.8, 4) is 0 Å². The molecule has 0 fully saturated rings. The summed E-state index contributed by atoms with van der Waals surface area (Å²) in [6.07, 6.45) is 1.57. The van der Waals surface area contributed by atoms with Gasteiger partial charge in [-0.1, -0.05) is 29.3 Å². The molecule has 3 rings (SSSR count). The van der Waals surface area contributed by atoms with E-state index in [4.69, 9.17) is 23.2 Å². The number of aryl methyl sites for hydroxylation is 2.